The summed E-state index contributed by atoms with van der Waals surface area (Å²) in [4.78, 5) is 24.9. The average molecular weight is 373 g/mol. The highest BCUT2D eigenvalue weighted by molar-refractivity contribution is 5.88. The smallest absolute Gasteiger partial charge is 0.328 e. The molecule has 0 rings (SSSR count). The van der Waals surface area contributed by atoms with Crippen LogP contribution < -0.4 is 10.6 Å². The first-order valence-corrected chi connectivity index (χ1v) is 8.82. The van der Waals surface area contributed by atoms with Crippen LogP contribution in [-0.4, -0.2) is 62.0 Å². The summed E-state index contributed by atoms with van der Waals surface area (Å²) < 4.78 is 10.0. The van der Waals surface area contributed by atoms with E-state index in [9.17, 15) is 14.7 Å². The molecule has 0 aromatic carbocycles. The van der Waals surface area contributed by atoms with Gasteiger partial charge in [-0.3, -0.25) is 4.79 Å². The fourth-order valence-corrected chi connectivity index (χ4v) is 2.36. The van der Waals surface area contributed by atoms with Crippen LogP contribution in [0.25, 0.3) is 0 Å². The summed E-state index contributed by atoms with van der Waals surface area (Å²) in [6.45, 7) is 15.5. The van der Waals surface area contributed by atoms with Gasteiger partial charge in [-0.1, -0.05) is 47.6 Å². The molecule has 0 saturated heterocycles. The second kappa shape index (κ2) is 10.6. The molecule has 0 saturated carbocycles. The molecule has 0 aromatic rings. The van der Waals surface area contributed by atoms with E-state index in [1.165, 1.54) is 7.11 Å². The number of methoxy groups -OCH3 is 1. The average Bonchev–Trinajstić information content (AvgIpc) is 2.49. The molecule has 3 unspecified atom stereocenters. The molecule has 7 heteroatoms. The predicted octanol–water partition coefficient (Wildman–Crippen LogP) is 1.26. The zero-order valence-electron chi connectivity index (χ0n) is 17.2. The number of carbonyl (C=O) groups excluding carboxylic acids is 2. The number of carbonyl (C=O) groups is 2. The largest absolute Gasteiger partial charge is 0.467 e. The van der Waals surface area contributed by atoms with Crippen LogP contribution in [0.4, 0.5) is 0 Å². The van der Waals surface area contributed by atoms with E-state index in [1.54, 1.807) is 6.08 Å². The second-order valence-corrected chi connectivity index (χ2v) is 8.52. The van der Waals surface area contributed by atoms with Gasteiger partial charge in [-0.05, 0) is 10.8 Å². The van der Waals surface area contributed by atoms with Crippen molar-refractivity contribution in [2.45, 2.75) is 59.7 Å². The molecule has 0 fully saturated rings. The van der Waals surface area contributed by atoms with Crippen molar-refractivity contribution in [3.05, 3.63) is 12.7 Å². The van der Waals surface area contributed by atoms with Crippen LogP contribution in [0, 0.1) is 10.8 Å². The maximum atomic E-state index is 12.8. The Bertz CT molecular complexity index is 466. The van der Waals surface area contributed by atoms with Crippen LogP contribution in [0.5, 0.6) is 0 Å². The van der Waals surface area contributed by atoms with Gasteiger partial charge in [-0.15, -0.1) is 6.58 Å². The van der Waals surface area contributed by atoms with E-state index in [2.05, 4.69) is 17.2 Å². The monoisotopic (exact) mass is 372 g/mol. The van der Waals surface area contributed by atoms with Crippen molar-refractivity contribution in [2.75, 3.05) is 26.9 Å². The Morgan fingerprint density at radius 1 is 1.12 bits per heavy atom. The number of esters is 1. The van der Waals surface area contributed by atoms with Gasteiger partial charge in [0, 0.05) is 6.54 Å². The topological polar surface area (TPSA) is 96.9 Å². The van der Waals surface area contributed by atoms with Gasteiger partial charge in [0.1, 0.15) is 6.04 Å². The summed E-state index contributed by atoms with van der Waals surface area (Å²) in [5, 5.41) is 15.9. The number of nitrogens with one attached hydrogen (secondary N) is 2. The minimum absolute atomic E-state index is 0.143. The summed E-state index contributed by atoms with van der Waals surface area (Å²) in [5.74, 6) is -0.807. The van der Waals surface area contributed by atoms with E-state index in [4.69, 9.17) is 9.47 Å². The Labute approximate surface area is 157 Å². The molecule has 0 spiro atoms. The first-order valence-electron chi connectivity index (χ1n) is 8.82. The molecule has 0 aliphatic heterocycles. The molecule has 0 aliphatic carbocycles. The van der Waals surface area contributed by atoms with Crippen molar-refractivity contribution in [3.63, 3.8) is 0 Å². The Morgan fingerprint density at radius 3 is 2.08 bits per heavy atom. The Kier molecular flexibility index (Phi) is 10.1. The van der Waals surface area contributed by atoms with Crippen LogP contribution in [0.2, 0.25) is 0 Å². The summed E-state index contributed by atoms with van der Waals surface area (Å²) in [6.07, 6.45) is 0.844. The fourth-order valence-electron chi connectivity index (χ4n) is 2.36. The third-order valence-electron chi connectivity index (χ3n) is 3.82. The molecule has 0 bridgehead atoms. The maximum absolute atomic E-state index is 12.8. The highest BCUT2D eigenvalue weighted by atomic mass is 16.5. The van der Waals surface area contributed by atoms with Gasteiger partial charge < -0.3 is 25.2 Å². The maximum Gasteiger partial charge on any atom is 0.328 e. The molecule has 152 valence electrons. The Hall–Kier alpha value is -1.44. The van der Waals surface area contributed by atoms with Gasteiger partial charge in [0.15, 0.2) is 0 Å². The number of aliphatic hydroxyl groups is 1. The van der Waals surface area contributed by atoms with Gasteiger partial charge in [-0.2, -0.15) is 0 Å². The third kappa shape index (κ3) is 8.78. The first-order chi connectivity index (χ1) is 11.8. The number of ether oxygens (including phenoxy) is 2. The lowest BCUT2D eigenvalue weighted by Crippen LogP contribution is -2.59. The van der Waals surface area contributed by atoms with Crippen molar-refractivity contribution >= 4 is 11.9 Å². The third-order valence-corrected chi connectivity index (χ3v) is 3.82. The molecule has 1 amide bonds. The Morgan fingerprint density at radius 2 is 1.65 bits per heavy atom. The van der Waals surface area contributed by atoms with Gasteiger partial charge in [0.25, 0.3) is 0 Å². The molecule has 26 heavy (non-hydrogen) atoms. The standard InChI is InChI=1S/C19H36N2O5/c1-9-10-26-12-13(22)11-20-14(18(2,3)4)16(23)21-15(17(24)25-8)19(5,6)7/h9,13-15,20,22H,1,10-12H2,2-8H3,(H,21,23). The number of hydrogen-bond donors (Lipinski definition) is 3. The predicted molar refractivity (Wildman–Crippen MR) is 102 cm³/mol. The molecular formula is C19H36N2O5. The van der Waals surface area contributed by atoms with E-state index in [0.29, 0.717) is 6.61 Å². The molecule has 3 atom stereocenters. The Balaban J connectivity index is 5.04. The molecule has 7 nitrogen and oxygen atoms in total. The van der Waals surface area contributed by atoms with Gasteiger partial charge in [-0.25, -0.2) is 4.79 Å². The zero-order chi connectivity index (χ0) is 20.5. The lowest BCUT2D eigenvalue weighted by atomic mass is 9.83. The summed E-state index contributed by atoms with van der Waals surface area (Å²) in [6, 6.07) is -1.38. The fraction of sp³-hybridized carbons (Fsp3) is 0.789. The van der Waals surface area contributed by atoms with E-state index in [1.807, 2.05) is 41.5 Å². The van der Waals surface area contributed by atoms with Crippen LogP contribution in [0.3, 0.4) is 0 Å². The second-order valence-electron chi connectivity index (χ2n) is 8.52. The van der Waals surface area contributed by atoms with Gasteiger partial charge >= 0.3 is 5.97 Å². The zero-order valence-corrected chi connectivity index (χ0v) is 17.2. The minimum Gasteiger partial charge on any atom is -0.467 e. The molecule has 0 radical (unpaired) electrons. The van der Waals surface area contributed by atoms with Crippen molar-refractivity contribution in [3.8, 4) is 0 Å². The first kappa shape index (κ1) is 24.6. The van der Waals surface area contributed by atoms with E-state index in [-0.39, 0.29) is 19.1 Å². The van der Waals surface area contributed by atoms with Crippen molar-refractivity contribution in [1.82, 2.24) is 10.6 Å². The minimum atomic E-state index is -0.771. The van der Waals surface area contributed by atoms with Crippen LogP contribution in [0.15, 0.2) is 12.7 Å². The lowest BCUT2D eigenvalue weighted by molar-refractivity contribution is -0.149. The molecular weight excluding hydrogens is 336 g/mol. The molecule has 0 heterocycles. The summed E-state index contributed by atoms with van der Waals surface area (Å²) >= 11 is 0. The van der Waals surface area contributed by atoms with Crippen molar-refractivity contribution in [2.24, 2.45) is 10.8 Å². The number of aliphatic hydroxyl groups excluding tert-OH is 1. The summed E-state index contributed by atoms with van der Waals surface area (Å²) in [5.41, 5.74) is -0.923. The molecule has 0 aliphatic rings. The lowest BCUT2D eigenvalue weighted by Gasteiger charge is -2.35. The SMILES string of the molecule is C=CCOCC(O)CNC(C(=O)NC(C(=O)OC)C(C)(C)C)C(C)(C)C. The molecule has 0 aromatic heterocycles. The number of rotatable bonds is 10. The van der Waals surface area contributed by atoms with E-state index in [0.717, 1.165) is 0 Å². The molecule has 3 N–H and O–H groups in total. The highest BCUT2D eigenvalue weighted by Crippen LogP contribution is 2.23. The quantitative estimate of drug-likeness (QED) is 0.303. The number of amides is 1. The van der Waals surface area contributed by atoms with Crippen LogP contribution >= 0.6 is 0 Å². The summed E-state index contributed by atoms with van der Waals surface area (Å²) in [7, 11) is 1.30. The van der Waals surface area contributed by atoms with Gasteiger partial charge in [0.05, 0.1) is 32.5 Å². The highest BCUT2D eigenvalue weighted by Gasteiger charge is 2.38. The van der Waals surface area contributed by atoms with E-state index < -0.39 is 35.0 Å². The van der Waals surface area contributed by atoms with Gasteiger partial charge in [0.2, 0.25) is 5.91 Å². The van der Waals surface area contributed by atoms with Crippen molar-refractivity contribution < 1.29 is 24.2 Å². The van der Waals surface area contributed by atoms with Crippen LogP contribution in [-0.2, 0) is 19.1 Å². The number of hydrogen-bond acceptors (Lipinski definition) is 6. The van der Waals surface area contributed by atoms with Crippen molar-refractivity contribution in [1.29, 1.82) is 0 Å². The van der Waals surface area contributed by atoms with Crippen LogP contribution in [0.1, 0.15) is 41.5 Å². The normalized spacial score (nSPS) is 15.7. The van der Waals surface area contributed by atoms with E-state index >= 15 is 0 Å².